The first-order valence-electron chi connectivity index (χ1n) is 12.7. The topological polar surface area (TPSA) is 85.3 Å². The number of amides is 1. The molecule has 7 nitrogen and oxygen atoms in total. The van der Waals surface area contributed by atoms with E-state index in [1.54, 1.807) is 37.4 Å². The zero-order valence-electron chi connectivity index (χ0n) is 22.4. The Labute approximate surface area is 223 Å². The van der Waals surface area contributed by atoms with Crippen LogP contribution in [0.4, 0.5) is 0 Å². The maximum Gasteiger partial charge on any atom is 0.295 e. The van der Waals surface area contributed by atoms with Crippen LogP contribution in [0.1, 0.15) is 49.1 Å². The first-order chi connectivity index (χ1) is 18.2. The van der Waals surface area contributed by atoms with Crippen LogP contribution in [0, 0.1) is 6.92 Å². The standard InChI is InChI=1S/C31H33NO6/c1-6-37-24-12-9-11-21(17-24)28-27(29(33)22-14-15-25(20(4)16-22)38-19(2)3)30(34)31(35)32(28)18-23-10-7-8-13-26(23)36-5/h7-17,19,28,33H,6,18H2,1-5H3/b29-27+. The van der Waals surface area contributed by atoms with E-state index < -0.39 is 17.7 Å². The zero-order chi connectivity index (χ0) is 27.4. The molecule has 1 heterocycles. The van der Waals surface area contributed by atoms with Crippen LogP contribution in [-0.2, 0) is 16.1 Å². The predicted molar refractivity (Wildman–Crippen MR) is 145 cm³/mol. The summed E-state index contributed by atoms with van der Waals surface area (Å²) >= 11 is 0. The molecule has 3 aromatic carbocycles. The summed E-state index contributed by atoms with van der Waals surface area (Å²) in [5.74, 6) is 0.225. The lowest BCUT2D eigenvalue weighted by Crippen LogP contribution is -2.29. The molecule has 1 N–H and O–H groups in total. The summed E-state index contributed by atoms with van der Waals surface area (Å²) in [6, 6.07) is 19.0. The van der Waals surface area contributed by atoms with Gasteiger partial charge >= 0.3 is 0 Å². The smallest absolute Gasteiger partial charge is 0.295 e. The van der Waals surface area contributed by atoms with E-state index >= 15 is 0 Å². The number of Topliss-reactive ketones (excluding diaryl/α,β-unsaturated/α-hetero) is 1. The van der Waals surface area contributed by atoms with Gasteiger partial charge in [-0.25, -0.2) is 0 Å². The number of carbonyl (C=O) groups is 2. The SMILES string of the molecule is CCOc1cccc(C2/C(=C(\O)c3ccc(OC(C)C)c(C)c3)C(=O)C(=O)N2Cc2ccccc2OC)c1. The minimum Gasteiger partial charge on any atom is -0.507 e. The molecule has 1 fully saturated rings. The third-order valence-corrected chi connectivity index (χ3v) is 6.37. The Kier molecular flexibility index (Phi) is 8.05. The largest absolute Gasteiger partial charge is 0.507 e. The molecular formula is C31H33NO6. The molecule has 1 aliphatic rings. The minimum absolute atomic E-state index is 0.00827. The monoisotopic (exact) mass is 515 g/mol. The Balaban J connectivity index is 1.86. The highest BCUT2D eigenvalue weighted by Crippen LogP contribution is 2.42. The number of methoxy groups -OCH3 is 1. The van der Waals surface area contributed by atoms with Crippen molar-refractivity contribution in [2.45, 2.75) is 46.4 Å². The van der Waals surface area contributed by atoms with E-state index in [-0.39, 0.29) is 24.0 Å². The molecule has 1 amide bonds. The molecule has 3 aromatic rings. The number of ketones is 1. The molecule has 0 bridgehead atoms. The number of aryl methyl sites for hydroxylation is 1. The molecule has 0 aromatic heterocycles. The Hall–Kier alpha value is -4.26. The Bertz CT molecular complexity index is 1380. The van der Waals surface area contributed by atoms with E-state index in [0.717, 1.165) is 11.1 Å². The van der Waals surface area contributed by atoms with E-state index in [1.807, 2.05) is 64.1 Å². The summed E-state index contributed by atoms with van der Waals surface area (Å²) in [4.78, 5) is 28.4. The van der Waals surface area contributed by atoms with E-state index in [2.05, 4.69) is 0 Å². The molecule has 1 atom stereocenters. The van der Waals surface area contributed by atoms with Crippen molar-refractivity contribution < 1.29 is 28.9 Å². The van der Waals surface area contributed by atoms with E-state index in [4.69, 9.17) is 14.2 Å². The number of nitrogens with zero attached hydrogens (tertiary/aromatic N) is 1. The van der Waals surface area contributed by atoms with Gasteiger partial charge in [0.1, 0.15) is 23.0 Å². The molecule has 0 aliphatic carbocycles. The van der Waals surface area contributed by atoms with E-state index in [1.165, 1.54) is 4.90 Å². The maximum atomic E-state index is 13.5. The second-order valence-corrected chi connectivity index (χ2v) is 9.39. The normalized spacial score (nSPS) is 16.7. The molecule has 0 spiro atoms. The Morgan fingerprint density at radius 2 is 1.76 bits per heavy atom. The number of benzene rings is 3. The van der Waals surface area contributed by atoms with Crippen LogP contribution in [0.2, 0.25) is 0 Å². The third-order valence-electron chi connectivity index (χ3n) is 6.37. The summed E-state index contributed by atoms with van der Waals surface area (Å²) < 4.78 is 17.0. The second-order valence-electron chi connectivity index (χ2n) is 9.39. The third kappa shape index (κ3) is 5.37. The molecule has 1 aliphatic heterocycles. The van der Waals surface area contributed by atoms with Crippen LogP contribution < -0.4 is 14.2 Å². The first-order valence-corrected chi connectivity index (χ1v) is 12.7. The number of ether oxygens (including phenoxy) is 3. The fraction of sp³-hybridized carbons (Fsp3) is 0.290. The van der Waals surface area contributed by atoms with E-state index in [9.17, 15) is 14.7 Å². The number of hydrogen-bond donors (Lipinski definition) is 1. The molecular weight excluding hydrogens is 482 g/mol. The molecule has 38 heavy (non-hydrogen) atoms. The van der Waals surface area contributed by atoms with Gasteiger partial charge in [-0.2, -0.15) is 0 Å². The lowest BCUT2D eigenvalue weighted by Gasteiger charge is -2.26. The Morgan fingerprint density at radius 3 is 2.45 bits per heavy atom. The van der Waals surface area contributed by atoms with Crippen molar-refractivity contribution >= 4 is 17.4 Å². The van der Waals surface area contributed by atoms with Crippen molar-refractivity contribution in [3.05, 3.63) is 94.6 Å². The van der Waals surface area contributed by atoms with Gasteiger partial charge in [0.25, 0.3) is 11.7 Å². The van der Waals surface area contributed by atoms with Crippen molar-refractivity contribution in [1.82, 2.24) is 4.90 Å². The van der Waals surface area contributed by atoms with Gasteiger partial charge in [0, 0.05) is 11.1 Å². The highest BCUT2D eigenvalue weighted by Gasteiger charge is 2.46. The van der Waals surface area contributed by atoms with Gasteiger partial charge in [-0.15, -0.1) is 0 Å². The zero-order valence-corrected chi connectivity index (χ0v) is 22.4. The van der Waals surface area contributed by atoms with E-state index in [0.29, 0.717) is 35.0 Å². The molecule has 1 unspecified atom stereocenters. The molecule has 198 valence electrons. The number of para-hydroxylation sites is 1. The van der Waals surface area contributed by atoms with Gasteiger partial charge in [-0.1, -0.05) is 30.3 Å². The maximum absolute atomic E-state index is 13.5. The minimum atomic E-state index is -0.827. The molecule has 0 saturated carbocycles. The van der Waals surface area contributed by atoms with Crippen LogP contribution in [0.15, 0.2) is 72.3 Å². The number of carbonyl (C=O) groups excluding carboxylic acids is 2. The average Bonchev–Trinajstić information content (AvgIpc) is 3.15. The summed E-state index contributed by atoms with van der Waals surface area (Å²) in [6.45, 7) is 8.22. The summed E-state index contributed by atoms with van der Waals surface area (Å²) in [7, 11) is 1.56. The lowest BCUT2D eigenvalue weighted by molar-refractivity contribution is -0.140. The molecule has 1 saturated heterocycles. The average molecular weight is 516 g/mol. The van der Waals surface area contributed by atoms with Crippen LogP contribution in [-0.4, -0.2) is 41.5 Å². The fourth-order valence-electron chi connectivity index (χ4n) is 4.69. The second kappa shape index (κ2) is 11.4. The van der Waals surface area contributed by atoms with Gasteiger partial charge in [0.15, 0.2) is 0 Å². The van der Waals surface area contributed by atoms with Crippen LogP contribution in [0.25, 0.3) is 5.76 Å². The van der Waals surface area contributed by atoms with Gasteiger partial charge in [0.05, 0.1) is 38.0 Å². The number of aliphatic hydroxyl groups excluding tert-OH is 1. The van der Waals surface area contributed by atoms with Crippen molar-refractivity contribution in [3.8, 4) is 17.2 Å². The Morgan fingerprint density at radius 1 is 1.00 bits per heavy atom. The highest BCUT2D eigenvalue weighted by atomic mass is 16.5. The van der Waals surface area contributed by atoms with Gasteiger partial charge in [-0.3, -0.25) is 9.59 Å². The van der Waals surface area contributed by atoms with Crippen LogP contribution >= 0.6 is 0 Å². The quantitative estimate of drug-likeness (QED) is 0.220. The van der Waals surface area contributed by atoms with Crippen molar-refractivity contribution in [1.29, 1.82) is 0 Å². The molecule has 0 radical (unpaired) electrons. The molecule has 4 rings (SSSR count). The van der Waals surface area contributed by atoms with Gasteiger partial charge in [0.2, 0.25) is 0 Å². The van der Waals surface area contributed by atoms with Crippen molar-refractivity contribution in [2.75, 3.05) is 13.7 Å². The number of aliphatic hydroxyl groups is 1. The highest BCUT2D eigenvalue weighted by molar-refractivity contribution is 6.46. The van der Waals surface area contributed by atoms with Crippen LogP contribution in [0.5, 0.6) is 17.2 Å². The first kappa shape index (κ1) is 26.8. The lowest BCUT2D eigenvalue weighted by atomic mass is 9.94. The number of likely N-dealkylation sites (tertiary alicyclic amines) is 1. The number of hydrogen-bond acceptors (Lipinski definition) is 6. The summed E-state index contributed by atoms with van der Waals surface area (Å²) in [5, 5.41) is 11.5. The van der Waals surface area contributed by atoms with Crippen LogP contribution in [0.3, 0.4) is 0 Å². The summed E-state index contributed by atoms with van der Waals surface area (Å²) in [5.41, 5.74) is 2.66. The molecule has 7 heteroatoms. The predicted octanol–water partition coefficient (Wildman–Crippen LogP) is 5.81. The van der Waals surface area contributed by atoms with Gasteiger partial charge in [-0.05, 0) is 75.2 Å². The summed E-state index contributed by atoms with van der Waals surface area (Å²) in [6.07, 6.45) is -0.00827. The van der Waals surface area contributed by atoms with Crippen molar-refractivity contribution in [3.63, 3.8) is 0 Å². The fourth-order valence-corrected chi connectivity index (χ4v) is 4.69. The number of rotatable bonds is 9. The van der Waals surface area contributed by atoms with Crippen molar-refractivity contribution in [2.24, 2.45) is 0 Å². The van der Waals surface area contributed by atoms with Gasteiger partial charge < -0.3 is 24.2 Å².